The van der Waals surface area contributed by atoms with Crippen LogP contribution in [0.4, 0.5) is 32.6 Å². The summed E-state index contributed by atoms with van der Waals surface area (Å²) in [4.78, 5) is 47.2. The number of carbonyl (C=O) groups excluding carboxylic acids is 2. The van der Waals surface area contributed by atoms with Gasteiger partial charge in [0.25, 0.3) is 5.91 Å². The Hall–Kier alpha value is -4.10. The quantitative estimate of drug-likeness (QED) is 0.513. The topological polar surface area (TPSA) is 109 Å². The van der Waals surface area contributed by atoms with Crippen molar-refractivity contribution >= 4 is 28.8 Å². The van der Waals surface area contributed by atoms with Crippen LogP contribution in [0.15, 0.2) is 35.4 Å². The molecule has 3 amide bonds. The number of nitrogens with one attached hydrogen (secondary N) is 2. The van der Waals surface area contributed by atoms with Crippen LogP contribution in [0.25, 0.3) is 16.9 Å². The fraction of sp³-hybridized carbons (Fsp3) is 0.318. The molecule has 1 atom stereocenters. The van der Waals surface area contributed by atoms with Crippen molar-refractivity contribution in [2.24, 2.45) is 5.92 Å². The number of aromatic nitrogens is 3. The number of hydrogen-bond donors (Lipinski definition) is 2. The summed E-state index contributed by atoms with van der Waals surface area (Å²) in [6.07, 6.45) is -3.33. The van der Waals surface area contributed by atoms with Crippen LogP contribution in [0.1, 0.15) is 24.2 Å². The Morgan fingerprint density at radius 2 is 1.92 bits per heavy atom. The van der Waals surface area contributed by atoms with Crippen LogP contribution in [0.2, 0.25) is 0 Å². The first-order valence-electron chi connectivity index (χ1n) is 10.7. The maximum absolute atomic E-state index is 14.7. The molecule has 0 saturated carbocycles. The van der Waals surface area contributed by atoms with Crippen molar-refractivity contribution in [1.29, 1.82) is 0 Å². The Labute approximate surface area is 199 Å². The molecule has 36 heavy (non-hydrogen) atoms. The second-order valence-electron chi connectivity index (χ2n) is 8.36. The molecule has 1 unspecified atom stereocenters. The summed E-state index contributed by atoms with van der Waals surface area (Å²) in [5.41, 5.74) is -1.96. The average Bonchev–Trinajstić information content (AvgIpc) is 3.22. The molecular weight excluding hydrogens is 491 g/mol. The highest BCUT2D eigenvalue weighted by molar-refractivity contribution is 5.98. The first-order chi connectivity index (χ1) is 16.9. The molecule has 0 spiro atoms. The van der Waals surface area contributed by atoms with Crippen LogP contribution in [-0.4, -0.2) is 51.8 Å². The van der Waals surface area contributed by atoms with Gasteiger partial charge in [0, 0.05) is 25.4 Å². The maximum Gasteiger partial charge on any atom is 0.408 e. The van der Waals surface area contributed by atoms with Crippen molar-refractivity contribution in [1.82, 2.24) is 25.2 Å². The van der Waals surface area contributed by atoms with Crippen molar-refractivity contribution in [2.45, 2.75) is 26.1 Å². The highest BCUT2D eigenvalue weighted by Crippen LogP contribution is 2.26. The smallest absolute Gasteiger partial charge is 0.340 e. The molecule has 0 aromatic carbocycles. The Kier molecular flexibility index (Phi) is 6.37. The molecule has 190 valence electrons. The zero-order valence-corrected chi connectivity index (χ0v) is 18.9. The Morgan fingerprint density at radius 3 is 2.50 bits per heavy atom. The lowest BCUT2D eigenvalue weighted by Crippen LogP contribution is -2.49. The highest BCUT2D eigenvalue weighted by atomic mass is 19.4. The SMILES string of the molecule is CC(C)C(NC(=O)c1cn(-c2ncc(F)cc2F)c2nc(N3CCNC3=O)ccc2c1=O)C(F)(F)F. The molecule has 1 fully saturated rings. The predicted octanol–water partition coefficient (Wildman–Crippen LogP) is 2.91. The van der Waals surface area contributed by atoms with Gasteiger partial charge in [0.2, 0.25) is 5.43 Å². The van der Waals surface area contributed by atoms with Gasteiger partial charge in [0.1, 0.15) is 23.2 Å². The highest BCUT2D eigenvalue weighted by Gasteiger charge is 2.43. The van der Waals surface area contributed by atoms with Crippen LogP contribution in [0, 0.1) is 17.6 Å². The number of fused-ring (bicyclic) bond motifs is 1. The van der Waals surface area contributed by atoms with Crippen LogP contribution < -0.4 is 21.0 Å². The number of halogens is 5. The van der Waals surface area contributed by atoms with Gasteiger partial charge >= 0.3 is 12.2 Å². The number of urea groups is 1. The molecule has 0 radical (unpaired) electrons. The van der Waals surface area contributed by atoms with E-state index in [1.807, 2.05) is 5.32 Å². The third kappa shape index (κ3) is 4.57. The van der Waals surface area contributed by atoms with Gasteiger partial charge in [-0.05, 0) is 18.1 Å². The van der Waals surface area contributed by atoms with Crippen molar-refractivity contribution in [3.05, 3.63) is 58.0 Å². The Morgan fingerprint density at radius 1 is 1.19 bits per heavy atom. The number of nitrogens with zero attached hydrogens (tertiary/aromatic N) is 4. The number of anilines is 1. The normalized spacial score (nSPS) is 14.9. The fourth-order valence-electron chi connectivity index (χ4n) is 3.79. The summed E-state index contributed by atoms with van der Waals surface area (Å²) in [5.74, 6) is -5.08. The van der Waals surface area contributed by atoms with E-state index < -0.39 is 58.5 Å². The maximum atomic E-state index is 14.7. The van der Waals surface area contributed by atoms with E-state index in [1.54, 1.807) is 0 Å². The van der Waals surface area contributed by atoms with E-state index in [2.05, 4.69) is 15.3 Å². The van der Waals surface area contributed by atoms with E-state index in [4.69, 9.17) is 0 Å². The first kappa shape index (κ1) is 25.0. The third-order valence-electron chi connectivity index (χ3n) is 5.54. The Bertz CT molecular complexity index is 1420. The largest absolute Gasteiger partial charge is 0.408 e. The zero-order chi connectivity index (χ0) is 26.4. The molecule has 0 bridgehead atoms. The van der Waals surface area contributed by atoms with Crippen molar-refractivity contribution in [3.63, 3.8) is 0 Å². The minimum absolute atomic E-state index is 0.0855. The van der Waals surface area contributed by atoms with Gasteiger partial charge in [-0.2, -0.15) is 13.2 Å². The molecule has 3 aromatic rings. The summed E-state index contributed by atoms with van der Waals surface area (Å²) in [6.45, 7) is 3.07. The van der Waals surface area contributed by atoms with E-state index in [-0.39, 0.29) is 23.4 Å². The molecule has 3 aromatic heterocycles. The molecule has 1 saturated heterocycles. The molecule has 9 nitrogen and oxygen atoms in total. The van der Waals surface area contributed by atoms with Gasteiger partial charge in [-0.1, -0.05) is 13.8 Å². The van der Waals surface area contributed by atoms with Crippen molar-refractivity contribution < 1.29 is 31.5 Å². The lowest BCUT2D eigenvalue weighted by atomic mass is 10.0. The van der Waals surface area contributed by atoms with Gasteiger partial charge in [0.15, 0.2) is 17.3 Å². The second-order valence-corrected chi connectivity index (χ2v) is 8.36. The Balaban J connectivity index is 1.93. The summed E-state index contributed by atoms with van der Waals surface area (Å²) in [5, 5.41) is 4.12. The molecule has 0 aliphatic carbocycles. The van der Waals surface area contributed by atoms with Crippen LogP contribution in [0.3, 0.4) is 0 Å². The summed E-state index contributed by atoms with van der Waals surface area (Å²) >= 11 is 0. The van der Waals surface area contributed by atoms with E-state index in [1.165, 1.54) is 30.9 Å². The summed E-state index contributed by atoms with van der Waals surface area (Å²) in [7, 11) is 0. The van der Waals surface area contributed by atoms with E-state index in [9.17, 15) is 36.3 Å². The van der Waals surface area contributed by atoms with Crippen LogP contribution >= 0.6 is 0 Å². The number of amides is 3. The number of alkyl halides is 3. The molecule has 2 N–H and O–H groups in total. The predicted molar refractivity (Wildman–Crippen MR) is 118 cm³/mol. The number of pyridine rings is 3. The minimum atomic E-state index is -4.79. The second kappa shape index (κ2) is 9.17. The van der Waals surface area contributed by atoms with Crippen molar-refractivity contribution in [2.75, 3.05) is 18.0 Å². The summed E-state index contributed by atoms with van der Waals surface area (Å²) < 4.78 is 69.3. The van der Waals surface area contributed by atoms with Gasteiger partial charge in [-0.3, -0.25) is 19.1 Å². The molecule has 1 aliphatic heterocycles. The average molecular weight is 510 g/mol. The number of carbonyl (C=O) groups is 2. The minimum Gasteiger partial charge on any atom is -0.340 e. The molecule has 4 heterocycles. The number of rotatable bonds is 5. The van der Waals surface area contributed by atoms with Gasteiger partial charge < -0.3 is 10.6 Å². The standard InChI is InChI=1S/C22H19F5N6O3/c1-10(2)17(22(25,26)27)31-20(35)13-9-33(19-14(24)7-11(23)8-29-19)18-12(16(13)34)3-4-15(30-18)32-6-5-28-21(32)36/h3-4,7-10,17H,5-6H2,1-2H3,(H,28,36)(H,31,35). The first-order valence-corrected chi connectivity index (χ1v) is 10.7. The van der Waals surface area contributed by atoms with Gasteiger partial charge in [-0.25, -0.2) is 23.5 Å². The van der Waals surface area contributed by atoms with E-state index >= 15 is 0 Å². The molecule has 14 heteroatoms. The van der Waals surface area contributed by atoms with E-state index in [0.29, 0.717) is 18.8 Å². The lowest BCUT2D eigenvalue weighted by molar-refractivity contribution is -0.162. The lowest BCUT2D eigenvalue weighted by Gasteiger charge is -2.25. The molecule has 1 aliphatic rings. The summed E-state index contributed by atoms with van der Waals surface area (Å²) in [6, 6.07) is 0.293. The molecular formula is C22H19F5N6O3. The fourth-order valence-corrected chi connectivity index (χ4v) is 3.79. The van der Waals surface area contributed by atoms with E-state index in [0.717, 1.165) is 10.8 Å². The third-order valence-corrected chi connectivity index (χ3v) is 5.54. The molecule has 4 rings (SSSR count). The van der Waals surface area contributed by atoms with Crippen molar-refractivity contribution in [3.8, 4) is 5.82 Å². The van der Waals surface area contributed by atoms with Crippen LogP contribution in [-0.2, 0) is 0 Å². The monoisotopic (exact) mass is 510 g/mol. The van der Waals surface area contributed by atoms with Gasteiger partial charge in [-0.15, -0.1) is 0 Å². The number of hydrogen-bond acceptors (Lipinski definition) is 5. The van der Waals surface area contributed by atoms with Crippen LogP contribution in [0.5, 0.6) is 0 Å². The zero-order valence-electron chi connectivity index (χ0n) is 18.9. The van der Waals surface area contributed by atoms with Gasteiger partial charge in [0.05, 0.1) is 11.6 Å².